The quantitative estimate of drug-likeness (QED) is 0.686. The summed E-state index contributed by atoms with van der Waals surface area (Å²) in [6.45, 7) is 9.04. The molecule has 0 spiro atoms. The predicted molar refractivity (Wildman–Crippen MR) is 118 cm³/mol. The number of aryl methyl sites for hydroxylation is 3. The number of benzene rings is 1. The van der Waals surface area contributed by atoms with Gasteiger partial charge in [0, 0.05) is 35.9 Å². The van der Waals surface area contributed by atoms with Gasteiger partial charge in [0.2, 0.25) is 5.91 Å². The highest BCUT2D eigenvalue weighted by molar-refractivity contribution is 5.80. The van der Waals surface area contributed by atoms with Crippen LogP contribution in [0.15, 0.2) is 36.4 Å². The molecule has 1 aromatic carbocycles. The topological polar surface area (TPSA) is 81.9 Å². The van der Waals surface area contributed by atoms with Gasteiger partial charge < -0.3 is 10.1 Å². The van der Waals surface area contributed by atoms with Crippen LogP contribution < -0.4 is 5.32 Å². The zero-order valence-corrected chi connectivity index (χ0v) is 18.6. The lowest BCUT2D eigenvalue weighted by Crippen LogP contribution is -2.50. The van der Waals surface area contributed by atoms with E-state index in [0.717, 1.165) is 46.7 Å². The van der Waals surface area contributed by atoms with Crippen LogP contribution in [0, 0.1) is 27.7 Å². The van der Waals surface area contributed by atoms with Gasteiger partial charge in [-0.1, -0.05) is 30.3 Å². The molecule has 1 saturated heterocycles. The van der Waals surface area contributed by atoms with Crippen molar-refractivity contribution in [2.24, 2.45) is 0 Å². The number of ether oxygens (including phenoxy) is 1. The lowest BCUT2D eigenvalue weighted by molar-refractivity contribution is -0.123. The van der Waals surface area contributed by atoms with Crippen molar-refractivity contribution in [2.75, 3.05) is 13.2 Å². The van der Waals surface area contributed by atoms with Gasteiger partial charge in [0.15, 0.2) is 0 Å². The molecule has 7 nitrogen and oxygen atoms in total. The molecule has 1 aliphatic rings. The second kappa shape index (κ2) is 8.59. The number of carbonyl (C=O) groups excluding carboxylic acids is 1. The fourth-order valence-corrected chi connectivity index (χ4v) is 4.36. The fourth-order valence-electron chi connectivity index (χ4n) is 4.36. The minimum Gasteiger partial charge on any atom is -0.381 e. The molecule has 3 aromatic rings. The van der Waals surface area contributed by atoms with E-state index < -0.39 is 5.54 Å². The third-order valence-corrected chi connectivity index (χ3v) is 5.99. The number of amides is 1. The molecule has 0 saturated carbocycles. The Morgan fingerprint density at radius 3 is 2.35 bits per heavy atom. The highest BCUT2D eigenvalue weighted by Crippen LogP contribution is 2.32. The minimum atomic E-state index is -0.398. The predicted octanol–water partition coefficient (Wildman–Crippen LogP) is 3.26. The van der Waals surface area contributed by atoms with E-state index in [0.29, 0.717) is 19.2 Å². The summed E-state index contributed by atoms with van der Waals surface area (Å²) in [6, 6.07) is 12.1. The monoisotopic (exact) mass is 419 g/mol. The van der Waals surface area contributed by atoms with Crippen LogP contribution in [-0.4, -0.2) is 38.9 Å². The molecule has 0 aliphatic carbocycles. The summed E-state index contributed by atoms with van der Waals surface area (Å²) < 4.78 is 7.31. The number of hydrogen-bond acceptors (Lipinski definition) is 5. The first-order valence-electron chi connectivity index (χ1n) is 10.7. The van der Waals surface area contributed by atoms with E-state index in [1.54, 1.807) is 4.68 Å². The Morgan fingerprint density at radius 1 is 1.06 bits per heavy atom. The lowest BCUT2D eigenvalue weighted by Gasteiger charge is -2.38. The average Bonchev–Trinajstić information content (AvgIpc) is 3.02. The number of nitrogens with one attached hydrogen (secondary N) is 1. The van der Waals surface area contributed by atoms with Crippen molar-refractivity contribution in [2.45, 2.75) is 52.5 Å². The van der Waals surface area contributed by atoms with Crippen LogP contribution in [-0.2, 0) is 21.5 Å². The summed E-state index contributed by atoms with van der Waals surface area (Å²) in [7, 11) is 0. The van der Waals surface area contributed by atoms with E-state index in [-0.39, 0.29) is 12.3 Å². The molecular formula is C24H29N5O2. The van der Waals surface area contributed by atoms with Crippen molar-refractivity contribution < 1.29 is 9.53 Å². The van der Waals surface area contributed by atoms with Gasteiger partial charge in [0.05, 0.1) is 17.7 Å². The van der Waals surface area contributed by atoms with Gasteiger partial charge in [-0.15, -0.1) is 0 Å². The minimum absolute atomic E-state index is 0.0159. The Morgan fingerprint density at radius 2 is 1.71 bits per heavy atom. The molecule has 1 aliphatic heterocycles. The molecular weight excluding hydrogens is 390 g/mol. The van der Waals surface area contributed by atoms with E-state index in [4.69, 9.17) is 4.74 Å². The number of rotatable bonds is 5. The van der Waals surface area contributed by atoms with Gasteiger partial charge in [0.25, 0.3) is 5.95 Å². The van der Waals surface area contributed by atoms with Crippen LogP contribution in [0.2, 0.25) is 0 Å². The molecule has 162 valence electrons. The fraction of sp³-hybridized carbons (Fsp3) is 0.417. The lowest BCUT2D eigenvalue weighted by atomic mass is 9.82. The summed E-state index contributed by atoms with van der Waals surface area (Å²) in [5, 5.41) is 7.96. The van der Waals surface area contributed by atoms with E-state index in [1.807, 2.05) is 52.0 Å². The Kier molecular flexibility index (Phi) is 5.87. The summed E-state index contributed by atoms with van der Waals surface area (Å²) in [5.41, 5.74) is 5.12. The van der Waals surface area contributed by atoms with Crippen LogP contribution >= 0.6 is 0 Å². The zero-order chi connectivity index (χ0) is 22.0. The molecule has 1 N–H and O–H groups in total. The van der Waals surface area contributed by atoms with Crippen LogP contribution in [0.3, 0.4) is 0 Å². The van der Waals surface area contributed by atoms with Crippen molar-refractivity contribution >= 4 is 5.91 Å². The van der Waals surface area contributed by atoms with Gasteiger partial charge in [-0.05, 0) is 52.2 Å². The second-order valence-corrected chi connectivity index (χ2v) is 8.30. The van der Waals surface area contributed by atoms with Crippen molar-refractivity contribution in [1.82, 2.24) is 25.1 Å². The van der Waals surface area contributed by atoms with Crippen LogP contribution in [0.5, 0.6) is 0 Å². The largest absolute Gasteiger partial charge is 0.381 e. The molecule has 3 heterocycles. The molecule has 0 unspecified atom stereocenters. The van der Waals surface area contributed by atoms with Crippen molar-refractivity contribution in [3.8, 4) is 5.95 Å². The van der Waals surface area contributed by atoms with Gasteiger partial charge >= 0.3 is 0 Å². The third-order valence-electron chi connectivity index (χ3n) is 5.99. The van der Waals surface area contributed by atoms with Gasteiger partial charge in [-0.2, -0.15) is 5.10 Å². The van der Waals surface area contributed by atoms with Crippen LogP contribution in [0.25, 0.3) is 5.95 Å². The highest BCUT2D eigenvalue weighted by atomic mass is 16.5. The first kappa shape index (κ1) is 21.2. The van der Waals surface area contributed by atoms with Crippen LogP contribution in [0.1, 0.15) is 46.7 Å². The van der Waals surface area contributed by atoms with E-state index in [9.17, 15) is 4.79 Å². The van der Waals surface area contributed by atoms with E-state index in [2.05, 4.69) is 32.5 Å². The van der Waals surface area contributed by atoms with Gasteiger partial charge in [-0.3, -0.25) is 4.79 Å². The zero-order valence-electron chi connectivity index (χ0n) is 18.6. The number of aromatic nitrogens is 4. The van der Waals surface area contributed by atoms with Crippen molar-refractivity contribution in [3.05, 3.63) is 70.3 Å². The molecule has 2 aromatic heterocycles. The van der Waals surface area contributed by atoms with Crippen molar-refractivity contribution in [1.29, 1.82) is 0 Å². The standard InChI is InChI=1S/C24H29N5O2/c1-16-14-17(2)26-23(25-16)29-19(4)21(18(3)28-29)15-22(30)27-24(10-12-31-13-11-24)20-8-6-5-7-9-20/h5-9,14H,10-13,15H2,1-4H3,(H,27,30). The normalized spacial score (nSPS) is 15.6. The van der Waals surface area contributed by atoms with Gasteiger partial charge in [-0.25, -0.2) is 14.6 Å². The Hall–Kier alpha value is -3.06. The summed E-state index contributed by atoms with van der Waals surface area (Å²) in [4.78, 5) is 22.2. The first-order valence-corrected chi connectivity index (χ1v) is 10.7. The Bertz CT molecular complexity index is 1060. The molecule has 1 fully saturated rings. The molecule has 0 atom stereocenters. The molecule has 4 rings (SSSR count). The number of hydrogen-bond donors (Lipinski definition) is 1. The second-order valence-electron chi connectivity index (χ2n) is 8.30. The number of carbonyl (C=O) groups is 1. The Labute approximate surface area is 182 Å². The summed E-state index contributed by atoms with van der Waals surface area (Å²) >= 11 is 0. The van der Waals surface area contributed by atoms with Crippen molar-refractivity contribution in [3.63, 3.8) is 0 Å². The smallest absolute Gasteiger partial charge is 0.251 e. The van der Waals surface area contributed by atoms with Gasteiger partial charge in [0.1, 0.15) is 0 Å². The van der Waals surface area contributed by atoms with E-state index >= 15 is 0 Å². The average molecular weight is 420 g/mol. The summed E-state index contributed by atoms with van der Waals surface area (Å²) in [5.74, 6) is 0.521. The number of nitrogens with zero attached hydrogens (tertiary/aromatic N) is 4. The maximum Gasteiger partial charge on any atom is 0.251 e. The maximum absolute atomic E-state index is 13.2. The summed E-state index contributed by atoms with van der Waals surface area (Å²) in [6.07, 6.45) is 1.78. The highest BCUT2D eigenvalue weighted by Gasteiger charge is 2.36. The molecule has 7 heteroatoms. The molecule has 31 heavy (non-hydrogen) atoms. The Balaban J connectivity index is 1.59. The molecule has 0 radical (unpaired) electrons. The first-order chi connectivity index (χ1) is 14.9. The van der Waals surface area contributed by atoms with Crippen LogP contribution in [0.4, 0.5) is 0 Å². The third kappa shape index (κ3) is 4.37. The SMILES string of the molecule is Cc1cc(C)nc(-n2nc(C)c(CC(=O)NC3(c4ccccc4)CCOCC3)c2C)n1. The molecule has 1 amide bonds. The van der Waals surface area contributed by atoms with E-state index in [1.165, 1.54) is 0 Å². The maximum atomic E-state index is 13.2. The molecule has 0 bridgehead atoms.